The highest BCUT2D eigenvalue weighted by atomic mass is 19.1. The summed E-state index contributed by atoms with van der Waals surface area (Å²) < 4.78 is 15.6. The van der Waals surface area contributed by atoms with Crippen LogP contribution < -0.4 is 16.6 Å². The first-order valence-electron chi connectivity index (χ1n) is 11.5. The number of aryl methyl sites for hydroxylation is 1. The third-order valence-corrected chi connectivity index (χ3v) is 6.09. The van der Waals surface area contributed by atoms with E-state index in [9.17, 15) is 14.3 Å². The van der Waals surface area contributed by atoms with Gasteiger partial charge in [-0.2, -0.15) is 0 Å². The number of hydrogen-bond donors (Lipinski definition) is 4. The summed E-state index contributed by atoms with van der Waals surface area (Å²) >= 11 is 0. The van der Waals surface area contributed by atoms with Gasteiger partial charge in [-0.05, 0) is 48.2 Å². The van der Waals surface area contributed by atoms with Crippen LogP contribution in [0.15, 0.2) is 83.9 Å². The van der Waals surface area contributed by atoms with E-state index in [2.05, 4.69) is 15.3 Å². The monoisotopic (exact) mass is 494 g/mol. The number of hydrogen-bond acceptors (Lipinski definition) is 7. The van der Waals surface area contributed by atoms with Gasteiger partial charge in [-0.15, -0.1) is 0 Å². The fourth-order valence-electron chi connectivity index (χ4n) is 4.34. The predicted octanol–water partition coefficient (Wildman–Crippen LogP) is 4.54. The Labute approximate surface area is 211 Å². The molecule has 3 aromatic carbocycles. The summed E-state index contributed by atoms with van der Waals surface area (Å²) in [6.45, 7) is 2.10. The molecule has 5 rings (SSSR count). The largest absolute Gasteiger partial charge is 0.508 e. The molecule has 9 heteroatoms. The van der Waals surface area contributed by atoms with Crippen LogP contribution in [0.25, 0.3) is 16.5 Å². The predicted molar refractivity (Wildman–Crippen MR) is 142 cm³/mol. The number of nitrogens with zero attached hydrogens (tertiary/aromatic N) is 3. The number of benzene rings is 3. The van der Waals surface area contributed by atoms with E-state index in [4.69, 9.17) is 11.1 Å². The van der Waals surface area contributed by atoms with Crippen molar-refractivity contribution in [3.05, 3.63) is 118 Å². The van der Waals surface area contributed by atoms with Crippen molar-refractivity contribution < 1.29 is 9.50 Å². The fourth-order valence-corrected chi connectivity index (χ4v) is 4.34. The Morgan fingerprint density at radius 2 is 1.84 bits per heavy atom. The molecular formula is C28H23FN6O2. The van der Waals surface area contributed by atoms with Gasteiger partial charge in [0.1, 0.15) is 29.5 Å². The first kappa shape index (κ1) is 23.7. The van der Waals surface area contributed by atoms with Crippen LogP contribution in [0.4, 0.5) is 16.0 Å². The van der Waals surface area contributed by atoms with Crippen LogP contribution in [-0.2, 0) is 6.54 Å². The smallest absolute Gasteiger partial charge is 0.263 e. The zero-order valence-electron chi connectivity index (χ0n) is 19.9. The Morgan fingerprint density at radius 1 is 1.08 bits per heavy atom. The molecular weight excluding hydrogens is 471 g/mol. The van der Waals surface area contributed by atoms with E-state index in [0.29, 0.717) is 11.1 Å². The summed E-state index contributed by atoms with van der Waals surface area (Å²) in [7, 11) is 0. The number of phenols is 1. The lowest BCUT2D eigenvalue weighted by atomic mass is 10.0. The van der Waals surface area contributed by atoms with E-state index in [1.807, 2.05) is 55.5 Å². The molecule has 0 unspecified atom stereocenters. The van der Waals surface area contributed by atoms with Crippen LogP contribution >= 0.6 is 0 Å². The summed E-state index contributed by atoms with van der Waals surface area (Å²) in [5.74, 6) is -0.759. The van der Waals surface area contributed by atoms with Crippen molar-refractivity contribution in [1.29, 1.82) is 5.41 Å². The van der Waals surface area contributed by atoms with Crippen LogP contribution in [-0.4, -0.2) is 25.4 Å². The highest BCUT2D eigenvalue weighted by Gasteiger charge is 2.19. The Balaban J connectivity index is 1.59. The van der Waals surface area contributed by atoms with E-state index in [1.54, 1.807) is 10.6 Å². The molecule has 0 fully saturated rings. The second-order valence-electron chi connectivity index (χ2n) is 8.56. The lowest BCUT2D eigenvalue weighted by Gasteiger charge is -2.18. The minimum Gasteiger partial charge on any atom is -0.508 e. The number of anilines is 2. The number of nitrogens with one attached hydrogen (secondary N) is 2. The molecule has 0 radical (unpaired) electrons. The van der Waals surface area contributed by atoms with E-state index >= 15 is 0 Å². The lowest BCUT2D eigenvalue weighted by molar-refractivity contribution is 0.469. The molecule has 0 aliphatic rings. The number of fused-ring (bicyclic) bond motifs is 1. The number of aromatic hydroxyl groups is 1. The van der Waals surface area contributed by atoms with Crippen LogP contribution in [0.2, 0.25) is 0 Å². The second-order valence-corrected chi connectivity index (χ2v) is 8.56. The molecule has 2 aromatic heterocycles. The van der Waals surface area contributed by atoms with Crippen molar-refractivity contribution in [1.82, 2.24) is 14.5 Å². The van der Waals surface area contributed by atoms with Crippen molar-refractivity contribution in [3.8, 4) is 11.4 Å². The van der Waals surface area contributed by atoms with Crippen LogP contribution in [0.5, 0.6) is 5.75 Å². The molecule has 37 heavy (non-hydrogen) atoms. The minimum absolute atomic E-state index is 0.0149. The van der Waals surface area contributed by atoms with E-state index in [0.717, 1.165) is 28.8 Å². The highest BCUT2D eigenvalue weighted by molar-refractivity contribution is 6.16. The molecule has 0 bridgehead atoms. The highest BCUT2D eigenvalue weighted by Crippen LogP contribution is 2.25. The molecule has 8 nitrogen and oxygen atoms in total. The van der Waals surface area contributed by atoms with Gasteiger partial charge in [0, 0.05) is 22.7 Å². The summed E-state index contributed by atoms with van der Waals surface area (Å²) in [5, 5.41) is 23.0. The fraction of sp³-hybridized carbons (Fsp3) is 0.0714. The minimum atomic E-state index is -0.692. The average molecular weight is 495 g/mol. The summed E-state index contributed by atoms with van der Waals surface area (Å²) in [6.07, 6.45) is 1.26. The molecule has 0 saturated carbocycles. The average Bonchev–Trinajstić information content (AvgIpc) is 2.87. The van der Waals surface area contributed by atoms with Crippen molar-refractivity contribution in [2.45, 2.75) is 13.5 Å². The van der Waals surface area contributed by atoms with Crippen molar-refractivity contribution >= 4 is 28.1 Å². The first-order valence-corrected chi connectivity index (χ1v) is 11.5. The topological polar surface area (TPSA) is 130 Å². The Morgan fingerprint density at radius 3 is 2.62 bits per heavy atom. The molecule has 184 valence electrons. The number of phenolic OH excluding ortho intramolecular Hbond substituents is 1. The lowest BCUT2D eigenvalue weighted by Crippen LogP contribution is -2.24. The van der Waals surface area contributed by atoms with Crippen molar-refractivity contribution in [3.63, 3.8) is 0 Å². The number of nitrogens with two attached hydrogens (primary N) is 1. The molecule has 0 amide bonds. The number of pyridine rings is 1. The maximum atomic E-state index is 13.9. The third-order valence-electron chi connectivity index (χ3n) is 6.09. The maximum absolute atomic E-state index is 13.9. The molecule has 0 aliphatic heterocycles. The SMILES string of the molecule is Cc1ccccc1-n1c(CNc2ncnc(N)c2C(=N)c2cc(O)cc(F)c2)cc2ccccc2c1=O. The standard InChI is InChI=1S/C28H23FN6O2/c1-16-6-2-5-9-23(16)35-20(11-17-7-3-4-8-22(17)28(35)37)14-32-27-24(26(31)33-15-34-27)25(30)18-10-19(29)13-21(36)12-18/h2-13,15,30,36H,14H2,1H3,(H3,31,32,33,34). The van der Waals surface area contributed by atoms with Crippen LogP contribution in [0, 0.1) is 18.2 Å². The van der Waals surface area contributed by atoms with Gasteiger partial charge >= 0.3 is 0 Å². The summed E-state index contributed by atoms with van der Waals surface area (Å²) in [4.78, 5) is 21.8. The Bertz CT molecular complexity index is 1710. The normalized spacial score (nSPS) is 11.0. The number of halogens is 1. The van der Waals surface area contributed by atoms with Crippen molar-refractivity contribution in [2.75, 3.05) is 11.1 Å². The van der Waals surface area contributed by atoms with Gasteiger partial charge in [0.25, 0.3) is 5.56 Å². The summed E-state index contributed by atoms with van der Waals surface area (Å²) in [5.41, 5.74) is 8.39. The third kappa shape index (κ3) is 4.50. The molecule has 0 atom stereocenters. The molecule has 2 heterocycles. The molecule has 5 N–H and O–H groups in total. The molecule has 5 aromatic rings. The van der Waals surface area contributed by atoms with Crippen molar-refractivity contribution in [2.24, 2.45) is 0 Å². The van der Waals surface area contributed by atoms with Crippen LogP contribution in [0.3, 0.4) is 0 Å². The van der Waals surface area contributed by atoms with Gasteiger partial charge in [0.2, 0.25) is 0 Å². The van der Waals surface area contributed by atoms with Gasteiger partial charge in [-0.25, -0.2) is 14.4 Å². The van der Waals surface area contributed by atoms with Gasteiger partial charge in [0.05, 0.1) is 23.5 Å². The summed E-state index contributed by atoms with van der Waals surface area (Å²) in [6, 6.07) is 20.2. The van der Waals surface area contributed by atoms with E-state index in [-0.39, 0.29) is 46.3 Å². The van der Waals surface area contributed by atoms with Crippen LogP contribution in [0.1, 0.15) is 22.4 Å². The first-order chi connectivity index (χ1) is 17.8. The van der Waals surface area contributed by atoms with Gasteiger partial charge in [-0.1, -0.05) is 36.4 Å². The molecule has 0 aliphatic carbocycles. The molecule has 0 saturated heterocycles. The maximum Gasteiger partial charge on any atom is 0.263 e. The van der Waals surface area contributed by atoms with E-state index < -0.39 is 5.82 Å². The second kappa shape index (κ2) is 9.54. The van der Waals surface area contributed by atoms with Gasteiger partial charge in [0.15, 0.2) is 0 Å². The van der Waals surface area contributed by atoms with E-state index in [1.165, 1.54) is 12.4 Å². The molecule has 0 spiro atoms. The Kier molecular flexibility index (Phi) is 6.10. The quantitative estimate of drug-likeness (QED) is 0.256. The Hall–Kier alpha value is -5.05. The number of nitrogen functional groups attached to an aromatic ring is 1. The zero-order valence-corrected chi connectivity index (χ0v) is 19.9. The number of para-hydroxylation sites is 1. The number of aromatic nitrogens is 3. The number of rotatable bonds is 6. The van der Waals surface area contributed by atoms with Gasteiger partial charge in [-0.3, -0.25) is 14.8 Å². The van der Waals surface area contributed by atoms with Gasteiger partial charge < -0.3 is 16.2 Å². The zero-order chi connectivity index (χ0) is 26.1.